The molecule has 1 aliphatic rings. The predicted molar refractivity (Wildman–Crippen MR) is 92.2 cm³/mol. The second kappa shape index (κ2) is 9.05. The molecule has 1 aliphatic heterocycles. The lowest BCUT2D eigenvalue weighted by Crippen LogP contribution is -2.47. The van der Waals surface area contributed by atoms with Gasteiger partial charge in [0, 0.05) is 18.8 Å². The van der Waals surface area contributed by atoms with Gasteiger partial charge >= 0.3 is 11.9 Å². The van der Waals surface area contributed by atoms with Crippen molar-refractivity contribution < 1.29 is 24.2 Å². The van der Waals surface area contributed by atoms with Crippen molar-refractivity contribution in [3.63, 3.8) is 0 Å². The van der Waals surface area contributed by atoms with Crippen LogP contribution in [-0.4, -0.2) is 60.6 Å². The number of para-hydroxylation sites is 1. The summed E-state index contributed by atoms with van der Waals surface area (Å²) in [6.45, 7) is 2.69. The quantitative estimate of drug-likeness (QED) is 0.749. The number of carboxylic acids is 1. The SMILES string of the molecule is CCOC(=O)C1CCCN(C(=O)CN(CC(=O)O)c2ccccc2)C1. The van der Waals surface area contributed by atoms with E-state index in [2.05, 4.69) is 0 Å². The number of rotatable bonds is 7. The van der Waals surface area contributed by atoms with Gasteiger partial charge in [0.15, 0.2) is 0 Å². The summed E-state index contributed by atoms with van der Waals surface area (Å²) >= 11 is 0. The summed E-state index contributed by atoms with van der Waals surface area (Å²) in [5, 5.41) is 9.11. The van der Waals surface area contributed by atoms with Crippen molar-refractivity contribution >= 4 is 23.5 Å². The Hall–Kier alpha value is -2.57. The number of amides is 1. The minimum atomic E-state index is -1.00. The Labute approximate surface area is 147 Å². The molecule has 1 amide bonds. The molecule has 1 fully saturated rings. The third kappa shape index (κ3) is 5.48. The van der Waals surface area contributed by atoms with Gasteiger partial charge in [0.1, 0.15) is 6.54 Å². The third-order valence-corrected chi connectivity index (χ3v) is 4.17. The van der Waals surface area contributed by atoms with Gasteiger partial charge in [-0.15, -0.1) is 0 Å². The van der Waals surface area contributed by atoms with Gasteiger partial charge < -0.3 is 19.6 Å². The molecule has 1 unspecified atom stereocenters. The Balaban J connectivity index is 2.02. The maximum atomic E-state index is 12.6. The molecule has 0 bridgehead atoms. The number of hydrogen-bond donors (Lipinski definition) is 1. The van der Waals surface area contributed by atoms with Crippen molar-refractivity contribution in [3.8, 4) is 0 Å². The van der Waals surface area contributed by atoms with E-state index in [1.54, 1.807) is 36.1 Å². The molecule has 25 heavy (non-hydrogen) atoms. The van der Waals surface area contributed by atoms with E-state index < -0.39 is 5.97 Å². The third-order valence-electron chi connectivity index (χ3n) is 4.17. The first-order valence-corrected chi connectivity index (χ1v) is 8.47. The van der Waals surface area contributed by atoms with Gasteiger partial charge in [-0.2, -0.15) is 0 Å². The number of nitrogens with zero attached hydrogens (tertiary/aromatic N) is 2. The fourth-order valence-electron chi connectivity index (χ4n) is 2.96. The number of aliphatic carboxylic acids is 1. The van der Waals surface area contributed by atoms with E-state index in [0.29, 0.717) is 31.8 Å². The molecule has 2 rings (SSSR count). The van der Waals surface area contributed by atoms with Gasteiger partial charge in [-0.1, -0.05) is 18.2 Å². The van der Waals surface area contributed by atoms with Crippen LogP contribution in [0.5, 0.6) is 0 Å². The average Bonchev–Trinajstić information content (AvgIpc) is 2.62. The van der Waals surface area contributed by atoms with Crippen LogP contribution >= 0.6 is 0 Å². The second-order valence-electron chi connectivity index (χ2n) is 6.02. The van der Waals surface area contributed by atoms with Crippen LogP contribution in [-0.2, 0) is 19.1 Å². The smallest absolute Gasteiger partial charge is 0.323 e. The molecule has 0 aliphatic carbocycles. The number of carbonyl (C=O) groups excluding carboxylic acids is 2. The summed E-state index contributed by atoms with van der Waals surface area (Å²) in [6.07, 6.45) is 1.44. The van der Waals surface area contributed by atoms with Crippen LogP contribution in [0.15, 0.2) is 30.3 Å². The summed E-state index contributed by atoms with van der Waals surface area (Å²) in [7, 11) is 0. The van der Waals surface area contributed by atoms with Crippen LogP contribution in [0.1, 0.15) is 19.8 Å². The highest BCUT2D eigenvalue weighted by molar-refractivity contribution is 5.85. The fraction of sp³-hybridized carbons (Fsp3) is 0.500. The number of benzene rings is 1. The minimum absolute atomic E-state index is 0.0359. The van der Waals surface area contributed by atoms with Crippen LogP contribution in [0.25, 0.3) is 0 Å². The van der Waals surface area contributed by atoms with Crippen LogP contribution in [0.2, 0.25) is 0 Å². The number of anilines is 1. The zero-order valence-electron chi connectivity index (χ0n) is 14.4. The zero-order valence-corrected chi connectivity index (χ0v) is 14.4. The van der Waals surface area contributed by atoms with Gasteiger partial charge in [-0.05, 0) is 31.9 Å². The lowest BCUT2D eigenvalue weighted by atomic mass is 9.98. The monoisotopic (exact) mass is 348 g/mol. The lowest BCUT2D eigenvalue weighted by Gasteiger charge is -2.33. The number of carboxylic acid groups (broad SMARTS) is 1. The Bertz CT molecular complexity index is 605. The summed E-state index contributed by atoms with van der Waals surface area (Å²) in [6, 6.07) is 8.97. The van der Waals surface area contributed by atoms with E-state index in [1.165, 1.54) is 4.90 Å². The number of carbonyl (C=O) groups is 3. The number of hydrogen-bond acceptors (Lipinski definition) is 5. The van der Waals surface area contributed by atoms with Gasteiger partial charge in [0.05, 0.1) is 19.1 Å². The molecule has 7 heteroatoms. The molecule has 1 saturated heterocycles. The predicted octanol–water partition coefficient (Wildman–Crippen LogP) is 1.38. The first kappa shape index (κ1) is 18.8. The molecule has 136 valence electrons. The van der Waals surface area contributed by atoms with Crippen molar-refractivity contribution in [2.75, 3.05) is 37.7 Å². The normalized spacial score (nSPS) is 17.0. The van der Waals surface area contributed by atoms with E-state index in [1.807, 2.05) is 6.07 Å². The molecule has 0 radical (unpaired) electrons. The molecule has 0 spiro atoms. The standard InChI is InChI=1S/C18H24N2O5/c1-2-25-18(24)14-7-6-10-19(11-14)16(21)12-20(13-17(22)23)15-8-4-3-5-9-15/h3-5,8-9,14H,2,6-7,10-13H2,1H3,(H,22,23). The highest BCUT2D eigenvalue weighted by Gasteiger charge is 2.30. The molecular weight excluding hydrogens is 324 g/mol. The number of ether oxygens (including phenoxy) is 1. The molecule has 0 aromatic heterocycles. The Morgan fingerprint density at radius 3 is 2.60 bits per heavy atom. The molecule has 1 aromatic carbocycles. The first-order chi connectivity index (χ1) is 12.0. The van der Waals surface area contributed by atoms with Crippen molar-refractivity contribution in [1.82, 2.24) is 4.90 Å². The summed E-state index contributed by atoms with van der Waals surface area (Å²) in [5.74, 6) is -1.76. The second-order valence-corrected chi connectivity index (χ2v) is 6.02. The molecule has 7 nitrogen and oxygen atoms in total. The Kier molecular flexibility index (Phi) is 6.80. The first-order valence-electron chi connectivity index (χ1n) is 8.47. The van der Waals surface area contributed by atoms with Crippen LogP contribution < -0.4 is 4.90 Å². The number of likely N-dealkylation sites (tertiary alicyclic amines) is 1. The van der Waals surface area contributed by atoms with Gasteiger partial charge in [0.2, 0.25) is 5.91 Å². The van der Waals surface area contributed by atoms with Crippen molar-refractivity contribution in [2.24, 2.45) is 5.92 Å². The lowest BCUT2D eigenvalue weighted by molar-refractivity contribution is -0.151. The van der Waals surface area contributed by atoms with Gasteiger partial charge in [-0.25, -0.2) is 0 Å². The fourth-order valence-corrected chi connectivity index (χ4v) is 2.96. The highest BCUT2D eigenvalue weighted by atomic mass is 16.5. The van der Waals surface area contributed by atoms with Gasteiger partial charge in [-0.3, -0.25) is 14.4 Å². The topological polar surface area (TPSA) is 87.2 Å². The maximum absolute atomic E-state index is 12.6. The van der Waals surface area contributed by atoms with Crippen molar-refractivity contribution in [1.29, 1.82) is 0 Å². The molecule has 1 N–H and O–H groups in total. The number of piperidine rings is 1. The zero-order chi connectivity index (χ0) is 18.2. The summed E-state index contributed by atoms with van der Waals surface area (Å²) in [4.78, 5) is 38.8. The summed E-state index contributed by atoms with van der Waals surface area (Å²) in [5.41, 5.74) is 0.678. The molecule has 1 aromatic rings. The molecular formula is C18H24N2O5. The molecule has 1 atom stereocenters. The maximum Gasteiger partial charge on any atom is 0.323 e. The van der Waals surface area contributed by atoms with Gasteiger partial charge in [0.25, 0.3) is 0 Å². The van der Waals surface area contributed by atoms with E-state index in [0.717, 1.165) is 6.42 Å². The van der Waals surface area contributed by atoms with Crippen molar-refractivity contribution in [3.05, 3.63) is 30.3 Å². The van der Waals surface area contributed by atoms with E-state index in [4.69, 9.17) is 9.84 Å². The highest BCUT2D eigenvalue weighted by Crippen LogP contribution is 2.19. The molecule has 0 saturated carbocycles. The van der Waals surface area contributed by atoms with Crippen LogP contribution in [0.4, 0.5) is 5.69 Å². The van der Waals surface area contributed by atoms with E-state index in [9.17, 15) is 14.4 Å². The minimum Gasteiger partial charge on any atom is -0.480 e. The van der Waals surface area contributed by atoms with Crippen molar-refractivity contribution in [2.45, 2.75) is 19.8 Å². The summed E-state index contributed by atoms with van der Waals surface area (Å²) < 4.78 is 5.05. The van der Waals surface area contributed by atoms with Crippen LogP contribution in [0, 0.1) is 5.92 Å². The van der Waals surface area contributed by atoms with E-state index >= 15 is 0 Å². The van der Waals surface area contributed by atoms with Crippen LogP contribution in [0.3, 0.4) is 0 Å². The Morgan fingerprint density at radius 2 is 1.96 bits per heavy atom. The largest absolute Gasteiger partial charge is 0.480 e. The number of esters is 1. The Morgan fingerprint density at radius 1 is 1.24 bits per heavy atom. The molecule has 1 heterocycles. The van der Waals surface area contributed by atoms with E-state index in [-0.39, 0.29) is 30.9 Å². The average molecular weight is 348 g/mol.